The zero-order valence-corrected chi connectivity index (χ0v) is 19.9. The number of nitrogens with one attached hydrogen (secondary N) is 2. The molecule has 1 unspecified atom stereocenters. The first-order valence-corrected chi connectivity index (χ1v) is 11.7. The van der Waals surface area contributed by atoms with Crippen molar-refractivity contribution >= 4 is 23.2 Å². The van der Waals surface area contributed by atoms with Gasteiger partial charge in [0.25, 0.3) is 5.91 Å². The lowest BCUT2D eigenvalue weighted by molar-refractivity contribution is 0.0734. The van der Waals surface area contributed by atoms with E-state index in [1.807, 2.05) is 0 Å². The number of aryl methyl sites for hydroxylation is 2. The first-order chi connectivity index (χ1) is 15.8. The van der Waals surface area contributed by atoms with Crippen molar-refractivity contribution in [1.82, 2.24) is 20.2 Å². The third-order valence-electron chi connectivity index (χ3n) is 6.23. The van der Waals surface area contributed by atoms with Crippen LogP contribution in [0.25, 0.3) is 0 Å². The van der Waals surface area contributed by atoms with Crippen molar-refractivity contribution in [1.29, 1.82) is 5.41 Å². The van der Waals surface area contributed by atoms with E-state index in [9.17, 15) is 9.18 Å². The van der Waals surface area contributed by atoms with Crippen LogP contribution in [0.5, 0.6) is 5.75 Å². The van der Waals surface area contributed by atoms with E-state index in [0.717, 1.165) is 25.8 Å². The van der Waals surface area contributed by atoms with Crippen LogP contribution in [0.15, 0.2) is 18.2 Å². The summed E-state index contributed by atoms with van der Waals surface area (Å²) in [4.78, 5) is 23.8. The molecule has 1 aliphatic carbocycles. The van der Waals surface area contributed by atoms with Crippen LogP contribution >= 0.6 is 11.6 Å². The molecule has 1 saturated carbocycles. The average molecular weight is 474 g/mol. The number of carbonyl (C=O) groups is 1. The van der Waals surface area contributed by atoms with E-state index in [0.29, 0.717) is 39.6 Å². The van der Waals surface area contributed by atoms with Crippen LogP contribution in [0.1, 0.15) is 59.7 Å². The number of carbonyl (C=O) groups excluding carboxylic acids is 1. The smallest absolute Gasteiger partial charge is 0.257 e. The summed E-state index contributed by atoms with van der Waals surface area (Å²) < 4.78 is 20.0. The molecular weight excluding hydrogens is 445 g/mol. The van der Waals surface area contributed by atoms with E-state index in [4.69, 9.17) is 21.7 Å². The van der Waals surface area contributed by atoms with Gasteiger partial charge >= 0.3 is 0 Å². The molecule has 1 aromatic heterocycles. The van der Waals surface area contributed by atoms with Crippen molar-refractivity contribution in [3.63, 3.8) is 0 Å². The monoisotopic (exact) mass is 473 g/mol. The summed E-state index contributed by atoms with van der Waals surface area (Å²) in [5, 5.41) is 12.4. The van der Waals surface area contributed by atoms with Crippen LogP contribution in [-0.2, 0) is 0 Å². The highest BCUT2D eigenvalue weighted by atomic mass is 35.5. The van der Waals surface area contributed by atoms with Gasteiger partial charge in [-0.1, -0.05) is 18.5 Å². The molecule has 2 aliphatic rings. The molecule has 1 aromatic carbocycles. The second-order valence-corrected chi connectivity index (χ2v) is 9.21. The van der Waals surface area contributed by atoms with Crippen LogP contribution in [0.4, 0.5) is 4.39 Å². The molecule has 2 aromatic rings. The zero-order chi connectivity index (χ0) is 23.7. The van der Waals surface area contributed by atoms with E-state index in [1.54, 1.807) is 18.7 Å². The van der Waals surface area contributed by atoms with Crippen molar-refractivity contribution in [2.45, 2.75) is 58.1 Å². The Hall–Kier alpha value is -2.58. The number of hydrogen-bond acceptors (Lipinski definition) is 6. The van der Waals surface area contributed by atoms with Gasteiger partial charge in [-0.05, 0) is 51.8 Å². The second-order valence-electron chi connectivity index (χ2n) is 8.83. The Kier molecular flexibility index (Phi) is 6.95. The van der Waals surface area contributed by atoms with Gasteiger partial charge in [0.1, 0.15) is 23.5 Å². The number of rotatable bonds is 7. The van der Waals surface area contributed by atoms with Crippen LogP contribution in [0.2, 0.25) is 5.02 Å². The summed E-state index contributed by atoms with van der Waals surface area (Å²) in [7, 11) is 0. The fraction of sp³-hybridized carbons (Fsp3) is 0.500. The molecule has 0 spiro atoms. The fourth-order valence-electron chi connectivity index (χ4n) is 4.28. The maximum atomic E-state index is 14.0. The molecule has 2 heterocycles. The maximum Gasteiger partial charge on any atom is 0.257 e. The lowest BCUT2D eigenvalue weighted by Gasteiger charge is -2.36. The molecule has 9 heteroatoms. The van der Waals surface area contributed by atoms with Crippen LogP contribution in [0, 0.1) is 25.1 Å². The number of likely N-dealkylation sites (tertiary alicyclic amines) is 1. The normalized spacial score (nSPS) is 22.4. The van der Waals surface area contributed by atoms with Crippen molar-refractivity contribution in [3.05, 3.63) is 51.8 Å². The molecule has 2 N–H and O–H groups in total. The van der Waals surface area contributed by atoms with Gasteiger partial charge < -0.3 is 20.4 Å². The molecule has 4 rings (SSSR count). The molecule has 33 heavy (non-hydrogen) atoms. The van der Waals surface area contributed by atoms with Gasteiger partial charge in [0.2, 0.25) is 0 Å². The van der Waals surface area contributed by atoms with Crippen LogP contribution in [0.3, 0.4) is 0 Å². The van der Waals surface area contributed by atoms with Crippen molar-refractivity contribution in [2.24, 2.45) is 0 Å². The Labute approximate surface area is 198 Å². The summed E-state index contributed by atoms with van der Waals surface area (Å²) in [5.74, 6) is -0.395. The largest absolute Gasteiger partial charge is 0.489 e. The molecule has 2 fully saturated rings. The number of halogens is 2. The van der Waals surface area contributed by atoms with E-state index < -0.39 is 11.7 Å². The molecule has 7 nitrogen and oxygen atoms in total. The molecule has 1 aliphatic heterocycles. The van der Waals surface area contributed by atoms with Crippen molar-refractivity contribution in [3.8, 4) is 5.75 Å². The Morgan fingerprint density at radius 2 is 2.00 bits per heavy atom. The SMILES string of the molecule is CCCNC1CC(Oc2cc(F)ccc2C(=O)N2CC(=N)C(c3nc(C)c(Cl)c(C)n3)C2)C1. The van der Waals surface area contributed by atoms with E-state index in [2.05, 4.69) is 22.2 Å². The summed E-state index contributed by atoms with van der Waals surface area (Å²) in [6.07, 6.45) is 2.67. The van der Waals surface area contributed by atoms with Crippen LogP contribution in [-0.4, -0.2) is 58.3 Å². The summed E-state index contributed by atoms with van der Waals surface area (Å²) >= 11 is 6.18. The fourth-order valence-corrected chi connectivity index (χ4v) is 4.37. The Morgan fingerprint density at radius 3 is 2.67 bits per heavy atom. The first kappa shape index (κ1) is 23.6. The maximum absolute atomic E-state index is 14.0. The van der Waals surface area contributed by atoms with Gasteiger partial charge in [-0.2, -0.15) is 0 Å². The highest BCUT2D eigenvalue weighted by molar-refractivity contribution is 6.31. The Balaban J connectivity index is 1.48. The molecular formula is C24H29ClFN5O2. The van der Waals surface area contributed by atoms with Gasteiger partial charge in [-0.3, -0.25) is 4.79 Å². The summed E-state index contributed by atoms with van der Waals surface area (Å²) in [6.45, 7) is 7.12. The Morgan fingerprint density at radius 1 is 1.30 bits per heavy atom. The summed E-state index contributed by atoms with van der Waals surface area (Å²) in [6, 6.07) is 4.39. The molecule has 1 amide bonds. The van der Waals surface area contributed by atoms with Gasteiger partial charge in [0.15, 0.2) is 0 Å². The number of hydrogen-bond donors (Lipinski definition) is 2. The topological polar surface area (TPSA) is 91.2 Å². The van der Waals surface area contributed by atoms with Gasteiger partial charge in [-0.15, -0.1) is 0 Å². The number of nitrogens with zero attached hydrogens (tertiary/aromatic N) is 3. The standard InChI is InChI=1S/C24H29ClFN5O2/c1-4-7-28-16-9-17(10-16)33-21-8-15(26)5-6-18(21)24(32)31-11-19(20(27)12-31)23-29-13(2)22(25)14(3)30-23/h5-6,8,16-17,19,27-28H,4,7,9-12H2,1-3H3. The molecule has 0 bridgehead atoms. The second kappa shape index (κ2) is 9.73. The zero-order valence-electron chi connectivity index (χ0n) is 19.1. The lowest BCUT2D eigenvalue weighted by Crippen LogP contribution is -2.47. The lowest BCUT2D eigenvalue weighted by atomic mass is 9.89. The van der Waals surface area contributed by atoms with E-state index >= 15 is 0 Å². The quantitative estimate of drug-likeness (QED) is 0.633. The molecule has 1 saturated heterocycles. The van der Waals surface area contributed by atoms with Gasteiger partial charge in [0.05, 0.1) is 34.4 Å². The predicted molar refractivity (Wildman–Crippen MR) is 125 cm³/mol. The van der Waals surface area contributed by atoms with E-state index in [1.165, 1.54) is 18.2 Å². The van der Waals surface area contributed by atoms with Gasteiger partial charge in [0, 0.05) is 24.4 Å². The third kappa shape index (κ3) is 5.01. The van der Waals surface area contributed by atoms with Gasteiger partial charge in [-0.25, -0.2) is 14.4 Å². The Bertz CT molecular complexity index is 1050. The first-order valence-electron chi connectivity index (χ1n) is 11.3. The number of aromatic nitrogens is 2. The molecule has 176 valence electrons. The minimum atomic E-state index is -0.450. The summed E-state index contributed by atoms with van der Waals surface area (Å²) in [5.41, 5.74) is 1.97. The van der Waals surface area contributed by atoms with Crippen LogP contribution < -0.4 is 10.1 Å². The van der Waals surface area contributed by atoms with Crippen molar-refractivity contribution in [2.75, 3.05) is 19.6 Å². The molecule has 1 atom stereocenters. The van der Waals surface area contributed by atoms with E-state index in [-0.39, 0.29) is 30.9 Å². The minimum absolute atomic E-state index is 0.0502. The highest BCUT2D eigenvalue weighted by Crippen LogP contribution is 2.32. The predicted octanol–water partition coefficient (Wildman–Crippen LogP) is 4.05. The number of benzene rings is 1. The minimum Gasteiger partial charge on any atom is -0.489 e. The molecule has 0 radical (unpaired) electrons. The highest BCUT2D eigenvalue weighted by Gasteiger charge is 2.36. The third-order valence-corrected chi connectivity index (χ3v) is 6.78. The number of amides is 1. The van der Waals surface area contributed by atoms with Crippen molar-refractivity contribution < 1.29 is 13.9 Å². The average Bonchev–Trinajstić information content (AvgIpc) is 3.14. The number of ether oxygens (including phenoxy) is 1.